The first-order chi connectivity index (χ1) is 46.3. The maximum Gasteiger partial charge on any atom is 0.418 e. The van der Waals surface area contributed by atoms with Crippen LogP contribution in [0, 0.1) is 29.1 Å². The van der Waals surface area contributed by atoms with Gasteiger partial charge in [0, 0.05) is 74.1 Å². The van der Waals surface area contributed by atoms with Gasteiger partial charge in [0.05, 0.1) is 67.3 Å². The summed E-state index contributed by atoms with van der Waals surface area (Å²) in [5, 5.41) is 1.97. The molecule has 0 saturated carbocycles. The highest BCUT2D eigenvalue weighted by atomic mass is 19.4. The Balaban J connectivity index is 1.02. The number of aromatic nitrogens is 6. The van der Waals surface area contributed by atoms with Gasteiger partial charge in [-0.05, 0) is 129 Å². The summed E-state index contributed by atoms with van der Waals surface area (Å²) < 4.78 is 137. The second-order valence-corrected chi connectivity index (χ2v) is 23.1. The lowest BCUT2D eigenvalue weighted by Gasteiger charge is -2.23. The molecular weight excluding hydrogens is 1210 g/mol. The summed E-state index contributed by atoms with van der Waals surface area (Å²) in [4.78, 5) is 18.5. The molecule has 0 N–H and O–H groups in total. The molecule has 0 aliphatic heterocycles. The van der Waals surface area contributed by atoms with Crippen LogP contribution in [0.3, 0.4) is 0 Å². The molecule has 0 amide bonds. The van der Waals surface area contributed by atoms with Crippen LogP contribution in [-0.4, -0.2) is 29.1 Å². The average Bonchev–Trinajstić information content (AvgIpc) is 1.61. The van der Waals surface area contributed by atoms with Crippen LogP contribution in [0.5, 0.6) is 0 Å². The number of alkyl halides is 3. The third kappa shape index (κ3) is 10.2. The van der Waals surface area contributed by atoms with Crippen LogP contribution in [-0.2, 0) is 6.18 Å². The van der Waals surface area contributed by atoms with Gasteiger partial charge >= 0.3 is 6.18 Å². The maximum absolute atomic E-state index is 17.4. The van der Waals surface area contributed by atoms with Gasteiger partial charge in [-0.1, -0.05) is 170 Å². The topological polar surface area (TPSA) is 61.4 Å². The fourth-order valence-electron chi connectivity index (χ4n) is 13.0. The summed E-state index contributed by atoms with van der Waals surface area (Å²) in [6.07, 6.45) is 1.26. The molecule has 6 nitrogen and oxygen atoms in total. The Kier molecular flexibility index (Phi) is 14.2. The number of hydrogen-bond acceptors (Lipinski definition) is 4. The SMILES string of the molecule is Fc1c(F)c(F)c(-c2cc(-n3c4cc(-c5ccnc(-c6ccccc6)c5)ccc4c4ccc(-c5ccnc(-c6ccccc6)c5)cc43)c(C(F)(F)F)cc2-n2c3cc(-c4ccnc(-c5ccccc5)c4)ccc3c3ccc(-c4ccnc(-c5ccccc5)c4)cc32)c(F)c1F. The lowest BCUT2D eigenvalue weighted by molar-refractivity contribution is -0.137. The van der Waals surface area contributed by atoms with Gasteiger partial charge < -0.3 is 9.13 Å². The Morgan fingerprint density at radius 3 is 0.821 bits per heavy atom. The largest absolute Gasteiger partial charge is 0.418 e. The van der Waals surface area contributed by atoms with Crippen molar-refractivity contribution in [1.82, 2.24) is 29.1 Å². The van der Waals surface area contributed by atoms with Crippen LogP contribution in [0.1, 0.15) is 5.56 Å². The van der Waals surface area contributed by atoms with E-state index in [1.165, 1.54) is 9.13 Å². The summed E-state index contributed by atoms with van der Waals surface area (Å²) in [6.45, 7) is 0. The van der Waals surface area contributed by atoms with Crippen molar-refractivity contribution >= 4 is 43.6 Å². The second-order valence-electron chi connectivity index (χ2n) is 23.1. The molecule has 6 heterocycles. The first-order valence-corrected chi connectivity index (χ1v) is 30.3. The van der Waals surface area contributed by atoms with Gasteiger partial charge in [-0.15, -0.1) is 0 Å². The molecule has 14 heteroatoms. The molecule has 6 aromatic heterocycles. The molecule has 456 valence electrons. The molecule has 0 saturated heterocycles. The van der Waals surface area contributed by atoms with E-state index in [4.69, 9.17) is 0 Å². The van der Waals surface area contributed by atoms with E-state index in [0.717, 1.165) is 34.4 Å². The number of nitrogens with zero attached hydrogens (tertiary/aromatic N) is 6. The van der Waals surface area contributed by atoms with E-state index in [-0.39, 0.29) is 22.1 Å². The Bertz CT molecular complexity index is 5410. The molecule has 16 rings (SSSR count). The lowest BCUT2D eigenvalue weighted by Crippen LogP contribution is -2.14. The zero-order valence-corrected chi connectivity index (χ0v) is 49.8. The summed E-state index contributed by atoms with van der Waals surface area (Å²) in [7, 11) is 0. The van der Waals surface area contributed by atoms with Crippen molar-refractivity contribution in [3.05, 3.63) is 314 Å². The molecule has 10 aromatic carbocycles. The van der Waals surface area contributed by atoms with Crippen molar-refractivity contribution in [3.8, 4) is 112 Å². The van der Waals surface area contributed by atoms with Crippen LogP contribution in [0.2, 0.25) is 0 Å². The van der Waals surface area contributed by atoms with Gasteiger partial charge in [0.1, 0.15) is 0 Å². The van der Waals surface area contributed by atoms with E-state index >= 15 is 35.1 Å². The molecule has 0 fully saturated rings. The van der Waals surface area contributed by atoms with Crippen molar-refractivity contribution < 1.29 is 35.1 Å². The molecule has 0 atom stereocenters. The predicted octanol–water partition coefficient (Wildman–Crippen LogP) is 22.2. The van der Waals surface area contributed by atoms with E-state index in [2.05, 4.69) is 19.9 Å². The maximum atomic E-state index is 17.4. The number of halogens is 8. The van der Waals surface area contributed by atoms with Gasteiger partial charge in [-0.2, -0.15) is 13.2 Å². The van der Waals surface area contributed by atoms with E-state index in [1.54, 1.807) is 97.6 Å². The van der Waals surface area contributed by atoms with Crippen LogP contribution < -0.4 is 0 Å². The van der Waals surface area contributed by atoms with E-state index in [0.29, 0.717) is 88.8 Å². The molecule has 0 unspecified atom stereocenters. The number of hydrogen-bond donors (Lipinski definition) is 0. The fourth-order valence-corrected chi connectivity index (χ4v) is 13.0. The molecule has 0 aliphatic carbocycles. The van der Waals surface area contributed by atoms with E-state index in [9.17, 15) is 0 Å². The van der Waals surface area contributed by atoms with Gasteiger partial charge in [-0.3, -0.25) is 19.9 Å². The van der Waals surface area contributed by atoms with Crippen LogP contribution >= 0.6 is 0 Å². The molecule has 16 aromatic rings. The molecule has 0 radical (unpaired) electrons. The van der Waals surface area contributed by atoms with E-state index in [1.807, 2.05) is 170 Å². The fraction of sp³-hybridized carbons (Fsp3) is 0.0123. The highest BCUT2D eigenvalue weighted by molar-refractivity contribution is 6.13. The third-order valence-electron chi connectivity index (χ3n) is 17.6. The Labute approximate surface area is 537 Å². The summed E-state index contributed by atoms with van der Waals surface area (Å²) in [5.74, 6) is -11.5. The quantitative estimate of drug-likeness (QED) is 0.0735. The van der Waals surface area contributed by atoms with Crippen LogP contribution in [0.4, 0.5) is 35.1 Å². The highest BCUT2D eigenvalue weighted by Crippen LogP contribution is 2.49. The van der Waals surface area contributed by atoms with Gasteiger partial charge in [0.2, 0.25) is 5.82 Å². The predicted molar refractivity (Wildman–Crippen MR) is 360 cm³/mol. The minimum absolute atomic E-state index is 0.222. The van der Waals surface area contributed by atoms with Crippen molar-refractivity contribution in [3.63, 3.8) is 0 Å². The Hall–Kier alpha value is -12.2. The monoisotopic (exact) mass is 1250 g/mol. The van der Waals surface area contributed by atoms with Crippen molar-refractivity contribution in [2.45, 2.75) is 6.18 Å². The number of pyridine rings is 4. The highest BCUT2D eigenvalue weighted by Gasteiger charge is 2.39. The van der Waals surface area contributed by atoms with Crippen molar-refractivity contribution in [2.24, 2.45) is 0 Å². The first kappa shape index (κ1) is 58.0. The zero-order chi connectivity index (χ0) is 64.6. The normalized spacial score (nSPS) is 11.8. The van der Waals surface area contributed by atoms with Gasteiger partial charge in [0.25, 0.3) is 0 Å². The van der Waals surface area contributed by atoms with Crippen LogP contribution in [0.25, 0.3) is 156 Å². The minimum Gasteiger partial charge on any atom is -0.309 e. The summed E-state index contributed by atoms with van der Waals surface area (Å²) in [6, 6.07) is 75.5. The molecule has 0 aliphatic rings. The third-order valence-corrected chi connectivity index (χ3v) is 17.6. The van der Waals surface area contributed by atoms with Crippen LogP contribution in [0.15, 0.2) is 280 Å². The Morgan fingerprint density at radius 2 is 0.526 bits per heavy atom. The summed E-state index contributed by atoms with van der Waals surface area (Å²) >= 11 is 0. The number of fused-ring (bicyclic) bond motifs is 6. The molecule has 0 bridgehead atoms. The second kappa shape index (κ2) is 23.2. The van der Waals surface area contributed by atoms with Crippen molar-refractivity contribution in [2.75, 3.05) is 0 Å². The lowest BCUT2D eigenvalue weighted by atomic mass is 9.96. The first-order valence-electron chi connectivity index (χ1n) is 30.3. The zero-order valence-electron chi connectivity index (χ0n) is 49.8. The Morgan fingerprint density at radius 1 is 0.253 bits per heavy atom. The van der Waals surface area contributed by atoms with E-state index < -0.39 is 63.3 Å². The average molecular weight is 1260 g/mol. The smallest absolute Gasteiger partial charge is 0.309 e. The van der Waals surface area contributed by atoms with Gasteiger partial charge in [-0.25, -0.2) is 22.0 Å². The van der Waals surface area contributed by atoms with Crippen molar-refractivity contribution in [1.29, 1.82) is 0 Å². The molecule has 95 heavy (non-hydrogen) atoms. The standard InChI is InChI=1S/C81H46F8N6/c82-76-75(77(83)79(85)80(86)78(76)84)63-45-74(95-71-43-53(57-31-35-92-67(39-57)49-17-9-3-10-18-49)23-27-61(71)62-28-24-54(44-72(62)95)58-32-36-93-68(40-58)50-19-11-4-12-20-50)64(81(87,88)89)46-73(63)94-69-41-51(55-29-33-90-65(37-55)47-13-5-1-6-14-47)21-25-59(69)60-26-22-52(42-70(60)94)56-30-34-91-66(38-56)48-15-7-2-8-16-48/h1-46H. The number of benzene rings is 10. The molecule has 0 spiro atoms. The number of rotatable bonds is 11. The van der Waals surface area contributed by atoms with Gasteiger partial charge in [0.15, 0.2) is 23.3 Å². The minimum atomic E-state index is -5.28. The molecular formula is C81H46F8N6. The summed E-state index contributed by atoms with van der Waals surface area (Å²) in [5.41, 5.74) is 6.90.